The van der Waals surface area contributed by atoms with E-state index in [0.29, 0.717) is 23.7 Å². The summed E-state index contributed by atoms with van der Waals surface area (Å²) in [5.74, 6) is 2.17. The average Bonchev–Trinajstić information content (AvgIpc) is 1.61. The summed E-state index contributed by atoms with van der Waals surface area (Å²) >= 11 is 0. The van der Waals surface area contributed by atoms with Gasteiger partial charge in [-0.3, -0.25) is 0 Å². The molecule has 0 aliphatic heterocycles. The number of rotatable bonds is 12. The van der Waals surface area contributed by atoms with Gasteiger partial charge in [0.25, 0.3) is 0 Å². The van der Waals surface area contributed by atoms with Crippen molar-refractivity contribution in [3.8, 4) is 90.1 Å². The fourth-order valence-electron chi connectivity index (χ4n) is 16.7. The third-order valence-corrected chi connectivity index (χ3v) is 24.3. The number of benzene rings is 12. The van der Waals surface area contributed by atoms with Gasteiger partial charge in [0.1, 0.15) is 22.3 Å². The van der Waals surface area contributed by atoms with Crippen LogP contribution in [0.3, 0.4) is 0 Å². The van der Waals surface area contributed by atoms with Crippen molar-refractivity contribution in [1.29, 1.82) is 0 Å². The standard InChI is InChI=1S/2C19H14NO.2C18H12NO.4C14H14N.4Ir/c1-12-6-7-14-15-4-3-5-16(19(15)21-18(14)11-12)17-10-13(2)8-9-20-17;1-12-7-10-16(20-11-12)14-9-8-13(2)18-15-5-3-4-6-17(15)21-19(14)18;1-12-9-10-13(15-7-4-5-11-19-15)18-17(12)14-6-2-3-8-16(14)20-18;1-12-10-14-13-6-2-3-8-17(13)20-18(14)15(11-12)16-7-4-5-9-19-16;4*1-11(2)12-6-5-7-13(10-12)14-8-3-4-9-15-14;;;;/h3-4,6-11H,1-2H3;3-8,10-11H,1-2H3;2-9,11H,1H3;2-10H,1H3;4*3-6,8-11H,1-2H3;;;;/q8*-1;;;;. The molecule has 0 saturated carbocycles. The second kappa shape index (κ2) is 51.9. The number of hydrogen-bond acceptors (Lipinski definition) is 12. The molecule has 16 heteroatoms. The quantitative estimate of drug-likeness (QED) is 0.107. The first-order chi connectivity index (χ1) is 69.2. The second-order valence-corrected chi connectivity index (χ2v) is 36.2. The summed E-state index contributed by atoms with van der Waals surface area (Å²) in [5.41, 5.74) is 34.8. The van der Waals surface area contributed by atoms with Crippen molar-refractivity contribution in [2.45, 2.75) is 121 Å². The van der Waals surface area contributed by atoms with Crippen molar-refractivity contribution in [2.75, 3.05) is 0 Å². The normalized spacial score (nSPS) is 10.7. The molecule has 0 bridgehead atoms. The Kier molecular flexibility index (Phi) is 38.7. The molecule has 0 unspecified atom stereocenters. The Morgan fingerprint density at radius 3 is 0.952 bits per heavy atom. The number of furan rings is 4. The van der Waals surface area contributed by atoms with Gasteiger partial charge in [-0.05, 0) is 168 Å². The first-order valence-electron chi connectivity index (χ1n) is 48.0. The van der Waals surface area contributed by atoms with Crippen molar-refractivity contribution in [2.24, 2.45) is 0 Å². The van der Waals surface area contributed by atoms with Crippen LogP contribution in [0.4, 0.5) is 0 Å². The summed E-state index contributed by atoms with van der Waals surface area (Å²) in [6.45, 7) is 29.9. The maximum absolute atomic E-state index is 6.09. The summed E-state index contributed by atoms with van der Waals surface area (Å²) in [5, 5.41) is 9.11. The molecule has 12 aromatic carbocycles. The van der Waals surface area contributed by atoms with E-state index >= 15 is 0 Å². The van der Waals surface area contributed by atoms with E-state index in [0.717, 1.165) is 189 Å². The number of para-hydroxylation sites is 3. The molecule has 0 saturated heterocycles. The van der Waals surface area contributed by atoms with Crippen molar-refractivity contribution in [3.05, 3.63) is 481 Å². The van der Waals surface area contributed by atoms with Gasteiger partial charge in [-0.25, -0.2) is 0 Å². The van der Waals surface area contributed by atoms with Crippen LogP contribution in [-0.4, -0.2) is 39.9 Å². The third kappa shape index (κ3) is 26.7. The zero-order chi connectivity index (χ0) is 98.5. The van der Waals surface area contributed by atoms with Crippen LogP contribution in [0.15, 0.2) is 395 Å². The fourth-order valence-corrected chi connectivity index (χ4v) is 16.7. The van der Waals surface area contributed by atoms with Crippen LogP contribution in [0.1, 0.15) is 135 Å². The van der Waals surface area contributed by atoms with Gasteiger partial charge in [0.2, 0.25) is 0 Å². The molecule has 146 heavy (non-hydrogen) atoms. The number of aryl methyl sites for hydroxylation is 6. The van der Waals surface area contributed by atoms with Gasteiger partial charge in [-0.15, -0.1) is 213 Å². The molecule has 12 nitrogen and oxygen atoms in total. The van der Waals surface area contributed by atoms with Gasteiger partial charge in [0.05, 0.1) is 22.3 Å². The first kappa shape index (κ1) is 109. The molecule has 736 valence electrons. The van der Waals surface area contributed by atoms with E-state index in [1.807, 2.05) is 269 Å². The monoisotopic (exact) mass is 2620 g/mol. The molecule has 4 radical (unpaired) electrons. The minimum Gasteiger partial charge on any atom is -0.501 e. The molecule has 0 atom stereocenters. The van der Waals surface area contributed by atoms with E-state index in [4.69, 9.17) is 17.7 Å². The number of pyridine rings is 8. The molecule has 12 heterocycles. The third-order valence-electron chi connectivity index (χ3n) is 24.3. The number of hydrogen-bond donors (Lipinski definition) is 0. The molecule has 24 aromatic rings. The molecule has 0 aliphatic rings. The predicted molar refractivity (Wildman–Crippen MR) is 582 cm³/mol. The molecule has 0 amide bonds. The molecule has 24 rings (SSSR count). The van der Waals surface area contributed by atoms with Gasteiger partial charge >= 0.3 is 0 Å². The molecular weight excluding hydrogens is 2510 g/mol. The SMILES string of the molecule is CC(C)c1cc[c-]c(-c2ccccn2)c1.CC(C)c1cc[c-]c(-c2ccccn2)c1.CC(C)c1cc[c-]c(-c2ccccn2)c1.CC(C)c1cc[c-]c(-c2ccccn2)c1.Cc1[c-]c(-c2ccccn2)c2oc3ccccc3c2c1.Cc1c[c-]c(-c2ccccn2)c2oc3ccccc3c12.Cc1ccc(-c2[c-]cc(C)c3c2oc2ccccc23)nc1.Cc1ccnc(-c2[c-]ccc3c2oc2cc(C)ccc23)c1.[Ir].[Ir].[Ir].[Ir]. The largest absolute Gasteiger partial charge is 0.501 e. The number of aromatic nitrogens is 8. The van der Waals surface area contributed by atoms with Crippen LogP contribution < -0.4 is 0 Å². The van der Waals surface area contributed by atoms with Crippen LogP contribution in [0.5, 0.6) is 0 Å². The Hall–Kier alpha value is -14.4. The molecular formula is C130H108Ir4N8O4-8. The topological polar surface area (TPSA) is 156 Å². The smallest absolute Gasteiger partial charge is 0.121 e. The van der Waals surface area contributed by atoms with Crippen molar-refractivity contribution >= 4 is 87.8 Å². The van der Waals surface area contributed by atoms with E-state index in [2.05, 4.69) is 281 Å². The Morgan fingerprint density at radius 1 is 0.226 bits per heavy atom. The number of nitrogens with zero attached hydrogens (tertiary/aromatic N) is 8. The molecule has 0 spiro atoms. The van der Waals surface area contributed by atoms with Crippen LogP contribution in [0.25, 0.3) is 178 Å². The summed E-state index contributed by atoms with van der Waals surface area (Å²) in [7, 11) is 0. The molecule has 0 aliphatic carbocycles. The van der Waals surface area contributed by atoms with Crippen molar-refractivity contribution in [1.82, 2.24) is 39.9 Å². The van der Waals surface area contributed by atoms with E-state index in [1.54, 1.807) is 12.4 Å². The van der Waals surface area contributed by atoms with Crippen LogP contribution in [-0.2, 0) is 80.4 Å². The Morgan fingerprint density at radius 2 is 0.555 bits per heavy atom. The minimum atomic E-state index is 0. The Balaban J connectivity index is 0.000000140. The van der Waals surface area contributed by atoms with Crippen molar-refractivity contribution < 1.29 is 98.1 Å². The average molecular weight is 2620 g/mol. The van der Waals surface area contributed by atoms with E-state index in [9.17, 15) is 0 Å². The Labute approximate surface area is 909 Å². The molecule has 12 aromatic heterocycles. The van der Waals surface area contributed by atoms with Gasteiger partial charge < -0.3 is 57.5 Å². The Bertz CT molecular complexity index is 8020. The molecule has 0 fully saturated rings. The maximum atomic E-state index is 6.09. The first-order valence-corrected chi connectivity index (χ1v) is 48.0. The zero-order valence-electron chi connectivity index (χ0n) is 83.6. The summed E-state index contributed by atoms with van der Waals surface area (Å²) in [6.07, 6.45) is 14.5. The molecule has 0 N–H and O–H groups in total. The summed E-state index contributed by atoms with van der Waals surface area (Å²) < 4.78 is 24.2. The maximum Gasteiger partial charge on any atom is 0.121 e. The van der Waals surface area contributed by atoms with Crippen molar-refractivity contribution in [3.63, 3.8) is 0 Å². The van der Waals surface area contributed by atoms with Crippen LogP contribution in [0.2, 0.25) is 0 Å². The zero-order valence-corrected chi connectivity index (χ0v) is 93.2. The summed E-state index contributed by atoms with van der Waals surface area (Å²) in [4.78, 5) is 35.1. The van der Waals surface area contributed by atoms with E-state index in [1.165, 1.54) is 44.5 Å². The summed E-state index contributed by atoms with van der Waals surface area (Å²) in [6, 6.07) is 135. The minimum absolute atomic E-state index is 0. The van der Waals surface area contributed by atoms with Gasteiger partial charge in [0, 0.05) is 152 Å². The second-order valence-electron chi connectivity index (χ2n) is 36.2. The van der Waals surface area contributed by atoms with Gasteiger partial charge in [-0.2, -0.15) is 0 Å². The fraction of sp³-hybridized carbons (Fsp3) is 0.138. The van der Waals surface area contributed by atoms with Crippen LogP contribution >= 0.6 is 0 Å². The van der Waals surface area contributed by atoms with Gasteiger partial charge in [0.15, 0.2) is 0 Å². The van der Waals surface area contributed by atoms with E-state index in [-0.39, 0.29) is 80.4 Å². The van der Waals surface area contributed by atoms with Crippen LogP contribution in [0, 0.1) is 90.1 Å². The predicted octanol–water partition coefficient (Wildman–Crippen LogP) is 34.3. The van der Waals surface area contributed by atoms with E-state index < -0.39 is 0 Å². The van der Waals surface area contributed by atoms with Gasteiger partial charge in [-0.1, -0.05) is 283 Å². The number of fused-ring (bicyclic) bond motifs is 12.